The van der Waals surface area contributed by atoms with Gasteiger partial charge in [0.25, 0.3) is 11.6 Å². The molecule has 35 heavy (non-hydrogen) atoms. The molecule has 0 aliphatic carbocycles. The molecule has 1 unspecified atom stereocenters. The van der Waals surface area contributed by atoms with Crippen LogP contribution in [-0.4, -0.2) is 69.7 Å². The quantitative estimate of drug-likeness (QED) is 0.182. The van der Waals surface area contributed by atoms with Crippen molar-refractivity contribution in [3.8, 4) is 0 Å². The predicted octanol–water partition coefficient (Wildman–Crippen LogP) is 1.32. The Kier molecular flexibility index (Phi) is 8.45. The number of esters is 1. The van der Waals surface area contributed by atoms with Crippen LogP contribution in [0.5, 0.6) is 0 Å². The minimum absolute atomic E-state index is 0.103. The van der Waals surface area contributed by atoms with Crippen molar-refractivity contribution in [2.24, 2.45) is 11.5 Å². The summed E-state index contributed by atoms with van der Waals surface area (Å²) in [5.41, 5.74) is 9.79. The van der Waals surface area contributed by atoms with E-state index in [4.69, 9.17) is 60.5 Å². The number of ether oxygens (including phenoxy) is 3. The van der Waals surface area contributed by atoms with Crippen LogP contribution in [0.15, 0.2) is 41.6 Å². The fraction of sp³-hybridized carbons (Fsp3) is 0.400. The van der Waals surface area contributed by atoms with Gasteiger partial charge in [-0.1, -0.05) is 65.1 Å². The van der Waals surface area contributed by atoms with E-state index in [0.717, 1.165) is 16.7 Å². The number of hydrogen-bond donors (Lipinski definition) is 3. The first-order valence-electron chi connectivity index (χ1n) is 9.92. The maximum Gasteiger partial charge on any atom is 0.404 e. The van der Waals surface area contributed by atoms with Crippen molar-refractivity contribution in [1.29, 1.82) is 0 Å². The van der Waals surface area contributed by atoms with Crippen molar-refractivity contribution in [2.45, 2.75) is 20.9 Å². The standard InChI is InChI=1S/C20H21Cl3N4O7S/c1-32-20(26-14(28)12(24)10-5-3-2-4-6-10)16(30)27-13(15(29)34-9-19(21,22)23)11(7-33-18(25)31)8-35-17(20)27/h2-6,12,17H,7-9,24H2,1H3,(H2,25,31)(H,26,28)/t12?,17-,20-/m0/s1. The summed E-state index contributed by atoms with van der Waals surface area (Å²) < 4.78 is 13.4. The van der Waals surface area contributed by atoms with Crippen molar-refractivity contribution in [3.05, 3.63) is 47.2 Å². The maximum atomic E-state index is 13.3. The maximum absolute atomic E-state index is 13.3. The van der Waals surface area contributed by atoms with Crippen LogP contribution in [0.4, 0.5) is 4.79 Å². The van der Waals surface area contributed by atoms with Gasteiger partial charge in [-0.15, -0.1) is 11.8 Å². The van der Waals surface area contributed by atoms with Crippen molar-refractivity contribution >= 4 is 70.4 Å². The van der Waals surface area contributed by atoms with Gasteiger partial charge < -0.3 is 31.0 Å². The summed E-state index contributed by atoms with van der Waals surface area (Å²) in [4.78, 5) is 51.2. The van der Waals surface area contributed by atoms with Gasteiger partial charge in [0.05, 0.1) is 0 Å². The summed E-state index contributed by atoms with van der Waals surface area (Å²) in [7, 11) is 1.24. The Bertz CT molecular complexity index is 1050. The minimum Gasteiger partial charge on any atom is -0.456 e. The van der Waals surface area contributed by atoms with Gasteiger partial charge in [-0.05, 0) is 5.56 Å². The van der Waals surface area contributed by atoms with Gasteiger partial charge in [-0.3, -0.25) is 14.5 Å². The summed E-state index contributed by atoms with van der Waals surface area (Å²) in [5, 5.41) is 1.69. The average Bonchev–Trinajstić information content (AvgIpc) is 2.83. The first-order valence-corrected chi connectivity index (χ1v) is 12.1. The summed E-state index contributed by atoms with van der Waals surface area (Å²) >= 11 is 18.1. The molecule has 2 heterocycles. The number of nitrogens with two attached hydrogens (primary N) is 2. The van der Waals surface area contributed by atoms with E-state index in [-0.39, 0.29) is 23.6 Å². The van der Waals surface area contributed by atoms with Crippen LogP contribution in [-0.2, 0) is 28.6 Å². The lowest BCUT2D eigenvalue weighted by Crippen LogP contribution is -2.81. The van der Waals surface area contributed by atoms with Crippen molar-refractivity contribution in [2.75, 3.05) is 26.1 Å². The lowest BCUT2D eigenvalue weighted by atomic mass is 9.97. The molecule has 190 valence electrons. The fourth-order valence-corrected chi connectivity index (χ4v) is 5.07. The minimum atomic E-state index is -1.90. The van der Waals surface area contributed by atoms with E-state index in [9.17, 15) is 19.2 Å². The van der Waals surface area contributed by atoms with Crippen LogP contribution in [0.25, 0.3) is 0 Å². The second kappa shape index (κ2) is 10.8. The summed E-state index contributed by atoms with van der Waals surface area (Å²) in [5.74, 6) is -2.34. The molecule has 3 atom stereocenters. The van der Waals surface area contributed by atoms with E-state index in [1.54, 1.807) is 30.3 Å². The SMILES string of the molecule is CO[C@@]1(NC(=O)C(N)c2ccccc2)C(=O)N2C(C(=O)OCC(Cl)(Cl)Cl)=C(COC(N)=O)CS[C@H]21. The lowest BCUT2D eigenvalue weighted by molar-refractivity contribution is -0.193. The van der Waals surface area contributed by atoms with Gasteiger partial charge in [-0.2, -0.15) is 0 Å². The van der Waals surface area contributed by atoms with Crippen LogP contribution in [0.1, 0.15) is 11.6 Å². The van der Waals surface area contributed by atoms with Crippen LogP contribution in [0, 0.1) is 0 Å². The van der Waals surface area contributed by atoms with Crippen LogP contribution >= 0.6 is 46.6 Å². The Hall–Kier alpha value is -2.22. The monoisotopic (exact) mass is 566 g/mol. The van der Waals surface area contributed by atoms with Gasteiger partial charge >= 0.3 is 12.1 Å². The Morgan fingerprint density at radius 2 is 1.91 bits per heavy atom. The number of nitrogens with zero attached hydrogens (tertiary/aromatic N) is 1. The number of amides is 3. The van der Waals surface area contributed by atoms with Crippen LogP contribution in [0.2, 0.25) is 0 Å². The molecule has 2 aliphatic rings. The highest BCUT2D eigenvalue weighted by molar-refractivity contribution is 8.00. The molecule has 3 amide bonds. The third kappa shape index (κ3) is 5.79. The van der Waals surface area contributed by atoms with Gasteiger partial charge in [-0.25, -0.2) is 9.59 Å². The third-order valence-corrected chi connectivity index (χ3v) is 6.83. The lowest BCUT2D eigenvalue weighted by Gasteiger charge is -2.56. The van der Waals surface area contributed by atoms with Gasteiger partial charge in [0.2, 0.25) is 9.70 Å². The van der Waals surface area contributed by atoms with Crippen molar-refractivity contribution < 1.29 is 33.4 Å². The molecule has 0 saturated carbocycles. The third-order valence-electron chi connectivity index (χ3n) is 5.13. The molecule has 1 fully saturated rings. The summed E-state index contributed by atoms with van der Waals surface area (Å²) in [6.07, 6.45) is -1.08. The number of benzene rings is 1. The number of primary amides is 1. The first-order chi connectivity index (χ1) is 16.4. The number of rotatable bonds is 8. The van der Waals surface area contributed by atoms with E-state index in [2.05, 4.69) is 5.32 Å². The van der Waals surface area contributed by atoms with Gasteiger partial charge in [0.15, 0.2) is 0 Å². The number of methoxy groups -OCH3 is 1. The molecule has 11 nitrogen and oxygen atoms in total. The zero-order valence-corrected chi connectivity index (χ0v) is 21.2. The molecule has 3 rings (SSSR count). The van der Waals surface area contributed by atoms with Crippen molar-refractivity contribution in [3.63, 3.8) is 0 Å². The molecule has 0 bridgehead atoms. The number of alkyl halides is 3. The number of nitrogens with one attached hydrogen (secondary N) is 1. The molecule has 15 heteroatoms. The Morgan fingerprint density at radius 3 is 2.49 bits per heavy atom. The average molecular weight is 568 g/mol. The van der Waals surface area contributed by atoms with Gasteiger partial charge in [0, 0.05) is 18.4 Å². The first kappa shape index (κ1) is 27.4. The van der Waals surface area contributed by atoms with Crippen LogP contribution in [0.3, 0.4) is 0 Å². The molecule has 0 radical (unpaired) electrons. The van der Waals surface area contributed by atoms with E-state index < -0.39 is 51.4 Å². The van der Waals surface area contributed by atoms with E-state index in [1.165, 1.54) is 7.11 Å². The number of halogens is 3. The highest BCUT2D eigenvalue weighted by Gasteiger charge is 2.67. The molecular weight excluding hydrogens is 547 g/mol. The molecule has 1 aromatic carbocycles. The number of β-lactam (4-membered cyclic amide) rings is 1. The Morgan fingerprint density at radius 1 is 1.26 bits per heavy atom. The summed E-state index contributed by atoms with van der Waals surface area (Å²) in [6, 6.07) is 7.46. The molecular formula is C20H21Cl3N4O7S. The second-order valence-corrected chi connectivity index (χ2v) is 11.0. The smallest absolute Gasteiger partial charge is 0.404 e. The number of hydrogen-bond acceptors (Lipinski definition) is 9. The number of fused-ring (bicyclic) bond motifs is 1. The molecule has 5 N–H and O–H groups in total. The molecule has 1 saturated heterocycles. The zero-order chi connectivity index (χ0) is 26.0. The molecule has 0 aromatic heterocycles. The van der Waals surface area contributed by atoms with E-state index >= 15 is 0 Å². The second-order valence-electron chi connectivity index (χ2n) is 7.41. The number of thioether (sulfide) groups is 1. The largest absolute Gasteiger partial charge is 0.456 e. The molecule has 0 spiro atoms. The Labute approximate surface area is 219 Å². The predicted molar refractivity (Wildman–Crippen MR) is 128 cm³/mol. The van der Waals surface area contributed by atoms with E-state index in [0.29, 0.717) is 5.56 Å². The van der Waals surface area contributed by atoms with E-state index in [1.807, 2.05) is 0 Å². The molecule has 1 aromatic rings. The van der Waals surface area contributed by atoms with Crippen LogP contribution < -0.4 is 16.8 Å². The highest BCUT2D eigenvalue weighted by Crippen LogP contribution is 2.47. The Balaban J connectivity index is 1.87. The normalized spacial score (nSPS) is 22.6. The zero-order valence-electron chi connectivity index (χ0n) is 18.2. The number of carbonyl (C=O) groups is 4. The fourth-order valence-electron chi connectivity index (χ4n) is 3.49. The highest BCUT2D eigenvalue weighted by atomic mass is 35.6. The topological polar surface area (TPSA) is 163 Å². The van der Waals surface area contributed by atoms with Gasteiger partial charge in [0.1, 0.15) is 30.3 Å². The van der Waals surface area contributed by atoms with Crippen molar-refractivity contribution in [1.82, 2.24) is 10.2 Å². The summed E-state index contributed by atoms with van der Waals surface area (Å²) in [6.45, 7) is -0.996. The molecule has 2 aliphatic heterocycles. The number of carbonyl (C=O) groups excluding carboxylic acids is 4.